The first-order chi connectivity index (χ1) is 4.66. The van der Waals surface area contributed by atoms with Crippen LogP contribution in [0.25, 0.3) is 0 Å². The molecule has 0 saturated heterocycles. The molecule has 1 heterocycles. The van der Waals surface area contributed by atoms with E-state index in [0.29, 0.717) is 0 Å². The lowest BCUT2D eigenvalue weighted by Gasteiger charge is -1.93. The quantitative estimate of drug-likeness (QED) is 0.772. The maximum absolute atomic E-state index is 8.89. The van der Waals surface area contributed by atoms with Crippen LogP contribution in [0.3, 0.4) is 0 Å². The second-order valence-corrected chi connectivity index (χ2v) is 4.74. The van der Waals surface area contributed by atoms with Gasteiger partial charge in [0.25, 0.3) is 0 Å². The van der Waals surface area contributed by atoms with Gasteiger partial charge in [0.2, 0.25) is 0 Å². The molecule has 0 aliphatic carbocycles. The molecule has 0 fully saturated rings. The topological polar surface area (TPSA) is 20.2 Å². The number of aryl methyl sites for hydroxylation is 1. The van der Waals surface area contributed by atoms with Crippen molar-refractivity contribution in [2.24, 2.45) is 0 Å². The van der Waals surface area contributed by atoms with E-state index in [1.807, 2.05) is 6.92 Å². The Morgan fingerprint density at radius 3 is 2.30 bits per heavy atom. The van der Waals surface area contributed by atoms with Crippen molar-refractivity contribution in [3.8, 4) is 0 Å². The molecule has 1 N–H and O–H groups in total. The summed E-state index contributed by atoms with van der Waals surface area (Å²) in [4.78, 5) is 1.27. The van der Waals surface area contributed by atoms with Gasteiger partial charge in [0.05, 0.1) is 10.4 Å². The van der Waals surface area contributed by atoms with Crippen molar-refractivity contribution in [3.63, 3.8) is 0 Å². The molecular weight excluding hydrogens is 212 g/mol. The molecule has 1 aromatic heterocycles. The van der Waals surface area contributed by atoms with Gasteiger partial charge in [-0.2, -0.15) is 0 Å². The van der Waals surface area contributed by atoms with E-state index in [4.69, 9.17) is 5.11 Å². The second-order valence-electron chi connectivity index (χ2n) is 2.19. The van der Waals surface area contributed by atoms with Crippen molar-refractivity contribution < 1.29 is 5.11 Å². The minimum Gasteiger partial charge on any atom is -0.392 e. The van der Waals surface area contributed by atoms with Crippen LogP contribution >= 0.6 is 27.3 Å². The number of halogens is 1. The van der Waals surface area contributed by atoms with Crippen LogP contribution in [-0.2, 0) is 6.61 Å². The Hall–Kier alpha value is 0.140. The average molecular weight is 221 g/mol. The molecule has 0 saturated carbocycles. The molecule has 0 spiro atoms. The van der Waals surface area contributed by atoms with Crippen LogP contribution in [0.15, 0.2) is 3.79 Å². The first-order valence-electron chi connectivity index (χ1n) is 3.02. The van der Waals surface area contributed by atoms with Crippen LogP contribution < -0.4 is 0 Å². The van der Waals surface area contributed by atoms with Gasteiger partial charge in [0, 0.05) is 10.4 Å². The highest BCUT2D eigenvalue weighted by atomic mass is 79.9. The van der Waals surface area contributed by atoms with Crippen LogP contribution in [0.1, 0.15) is 16.0 Å². The van der Waals surface area contributed by atoms with Gasteiger partial charge in [-0.05, 0) is 35.3 Å². The Labute approximate surface area is 72.8 Å². The van der Waals surface area contributed by atoms with Gasteiger partial charge in [-0.15, -0.1) is 11.3 Å². The smallest absolute Gasteiger partial charge is 0.0759 e. The van der Waals surface area contributed by atoms with Gasteiger partial charge in [-0.25, -0.2) is 0 Å². The molecule has 0 atom stereocenters. The third-order valence-corrected chi connectivity index (χ3v) is 3.62. The predicted octanol–water partition coefficient (Wildman–Crippen LogP) is 2.62. The Morgan fingerprint density at radius 1 is 1.50 bits per heavy atom. The van der Waals surface area contributed by atoms with Gasteiger partial charge < -0.3 is 5.11 Å². The molecule has 0 amide bonds. The van der Waals surface area contributed by atoms with Crippen molar-refractivity contribution >= 4 is 27.3 Å². The molecule has 10 heavy (non-hydrogen) atoms. The fourth-order valence-corrected chi connectivity index (χ4v) is 2.85. The molecule has 3 heteroatoms. The number of hydrogen-bond acceptors (Lipinski definition) is 2. The predicted molar refractivity (Wildman–Crippen MR) is 47.4 cm³/mol. The highest BCUT2D eigenvalue weighted by Crippen LogP contribution is 2.31. The highest BCUT2D eigenvalue weighted by Gasteiger charge is 2.07. The molecule has 0 aromatic carbocycles. The summed E-state index contributed by atoms with van der Waals surface area (Å²) in [5.41, 5.74) is 2.24. The highest BCUT2D eigenvalue weighted by molar-refractivity contribution is 9.11. The van der Waals surface area contributed by atoms with Crippen molar-refractivity contribution in [1.82, 2.24) is 0 Å². The molecule has 0 radical (unpaired) electrons. The summed E-state index contributed by atoms with van der Waals surface area (Å²) in [5, 5.41) is 8.89. The molecular formula is C7H9BrOS. The summed E-state index contributed by atoms with van der Waals surface area (Å²) in [6.45, 7) is 4.23. The first-order valence-corrected chi connectivity index (χ1v) is 4.63. The van der Waals surface area contributed by atoms with Crippen molar-refractivity contribution in [2.45, 2.75) is 20.5 Å². The maximum Gasteiger partial charge on any atom is 0.0759 e. The number of aliphatic hydroxyl groups excluding tert-OH is 1. The molecule has 0 unspecified atom stereocenters. The number of thiophene rings is 1. The standard InChI is InChI=1S/C7H9BrOS/c1-4-5(2)10-7(8)6(4)3-9/h9H,3H2,1-2H3. The van der Waals surface area contributed by atoms with Crippen molar-refractivity contribution in [2.75, 3.05) is 0 Å². The van der Waals surface area contributed by atoms with E-state index in [1.165, 1.54) is 10.4 Å². The van der Waals surface area contributed by atoms with E-state index in [0.717, 1.165) is 9.35 Å². The third kappa shape index (κ3) is 1.26. The monoisotopic (exact) mass is 220 g/mol. The van der Waals surface area contributed by atoms with Crippen LogP contribution in [0.4, 0.5) is 0 Å². The van der Waals surface area contributed by atoms with Crippen LogP contribution in [-0.4, -0.2) is 5.11 Å². The first kappa shape index (κ1) is 8.24. The molecule has 1 nitrogen and oxygen atoms in total. The van der Waals surface area contributed by atoms with E-state index < -0.39 is 0 Å². The van der Waals surface area contributed by atoms with Crippen molar-refractivity contribution in [3.05, 3.63) is 19.8 Å². The Balaban J connectivity index is 3.20. The van der Waals surface area contributed by atoms with Crippen LogP contribution in [0.2, 0.25) is 0 Å². The Kier molecular flexibility index (Phi) is 2.50. The molecule has 0 aliphatic heterocycles. The zero-order valence-corrected chi connectivity index (χ0v) is 8.34. The normalized spacial score (nSPS) is 10.4. The van der Waals surface area contributed by atoms with E-state index in [-0.39, 0.29) is 6.61 Å². The van der Waals surface area contributed by atoms with Gasteiger partial charge in [-0.1, -0.05) is 0 Å². The molecule has 1 rings (SSSR count). The van der Waals surface area contributed by atoms with Gasteiger partial charge >= 0.3 is 0 Å². The zero-order valence-electron chi connectivity index (χ0n) is 5.94. The molecule has 56 valence electrons. The third-order valence-electron chi connectivity index (χ3n) is 1.62. The minimum absolute atomic E-state index is 0.136. The number of rotatable bonds is 1. The van der Waals surface area contributed by atoms with E-state index in [1.54, 1.807) is 11.3 Å². The van der Waals surface area contributed by atoms with E-state index in [2.05, 4.69) is 22.9 Å². The van der Waals surface area contributed by atoms with Gasteiger partial charge in [0.15, 0.2) is 0 Å². The van der Waals surface area contributed by atoms with Gasteiger partial charge in [0.1, 0.15) is 0 Å². The fraction of sp³-hybridized carbons (Fsp3) is 0.429. The minimum atomic E-state index is 0.136. The van der Waals surface area contributed by atoms with E-state index in [9.17, 15) is 0 Å². The van der Waals surface area contributed by atoms with Crippen molar-refractivity contribution in [1.29, 1.82) is 0 Å². The summed E-state index contributed by atoms with van der Waals surface area (Å²) in [5.74, 6) is 0. The molecule has 0 bridgehead atoms. The summed E-state index contributed by atoms with van der Waals surface area (Å²) in [7, 11) is 0. The number of aliphatic hydroxyl groups is 1. The SMILES string of the molecule is Cc1sc(Br)c(CO)c1C. The zero-order chi connectivity index (χ0) is 7.72. The summed E-state index contributed by atoms with van der Waals surface area (Å²) in [6.07, 6.45) is 0. The largest absolute Gasteiger partial charge is 0.392 e. The molecule has 0 aliphatic rings. The summed E-state index contributed by atoms with van der Waals surface area (Å²) >= 11 is 5.06. The van der Waals surface area contributed by atoms with E-state index >= 15 is 0 Å². The lowest BCUT2D eigenvalue weighted by atomic mass is 10.2. The van der Waals surface area contributed by atoms with Crippen LogP contribution in [0.5, 0.6) is 0 Å². The summed E-state index contributed by atoms with van der Waals surface area (Å²) < 4.78 is 1.06. The average Bonchev–Trinajstić information content (AvgIpc) is 2.09. The Bertz CT molecular complexity index is 242. The number of hydrogen-bond donors (Lipinski definition) is 1. The summed E-state index contributed by atoms with van der Waals surface area (Å²) in [6, 6.07) is 0. The second kappa shape index (κ2) is 3.03. The lowest BCUT2D eigenvalue weighted by molar-refractivity contribution is 0.281. The van der Waals surface area contributed by atoms with Crippen LogP contribution in [0, 0.1) is 13.8 Å². The molecule has 1 aromatic rings. The fourth-order valence-electron chi connectivity index (χ4n) is 0.813. The maximum atomic E-state index is 8.89. The Morgan fingerprint density at radius 2 is 2.10 bits per heavy atom. The van der Waals surface area contributed by atoms with Gasteiger partial charge in [-0.3, -0.25) is 0 Å². The lowest BCUT2D eigenvalue weighted by Crippen LogP contribution is -1.83.